The first-order chi connectivity index (χ1) is 38.2. The van der Waals surface area contributed by atoms with E-state index in [-0.39, 0.29) is 61.3 Å². The van der Waals surface area contributed by atoms with E-state index >= 15 is 13.2 Å². The maximum atomic E-state index is 15.2. The van der Waals surface area contributed by atoms with Gasteiger partial charge in [0.2, 0.25) is 5.60 Å². The molecule has 0 saturated carbocycles. The highest BCUT2D eigenvalue weighted by atomic mass is 19.4. The standard InChI is InChI=1S/C48H42F15N11O6.C2H6/c49-44(50,51)27-19-29(64)34-36-69-70-40(79-36)42(77,47(58,59)60)13-3-1-5-15-72(38(75)32(27)67-34)22-25-9-7-8-24(18-25)12-17-74-41-43(78,48(61,62)63)14-4-2-6-16-73(23-26-10-11-31(66-21-26)46(55,56)57)39(76)33-28(45(52,53)54)20-30(65)35(68-33)37(71-74)80-41;1-2/h7-11,18-21,77-78H,1-6,12-17,22-23H2,(H3-,64,65,69,71,75,76);1-2H3/p+1. The molecule has 7 heterocycles. The molecule has 17 nitrogen and oxygen atoms in total. The first-order valence-corrected chi connectivity index (χ1v) is 25.0. The number of hydrogen-bond acceptors (Lipinski definition) is 14. The summed E-state index contributed by atoms with van der Waals surface area (Å²) in [5, 5.41) is 33.1. The number of hydrogen-bond donors (Lipinski definition) is 4. The van der Waals surface area contributed by atoms with Gasteiger partial charge in [0.05, 0.1) is 22.5 Å². The second kappa shape index (κ2) is 23.3. The molecule has 6 N–H and O–H groups in total. The molecular formula is C50H49F15N11O6+. The predicted octanol–water partition coefficient (Wildman–Crippen LogP) is 10.3. The summed E-state index contributed by atoms with van der Waals surface area (Å²) in [5.74, 6) is -7.40. The van der Waals surface area contributed by atoms with E-state index < -0.39 is 180 Å². The van der Waals surface area contributed by atoms with Gasteiger partial charge in [-0.25, -0.2) is 9.97 Å². The molecule has 0 spiro atoms. The van der Waals surface area contributed by atoms with Gasteiger partial charge in [0.25, 0.3) is 29.2 Å². The van der Waals surface area contributed by atoms with Crippen molar-refractivity contribution in [2.24, 2.45) is 0 Å². The molecule has 8 bridgehead atoms. The first kappa shape index (κ1) is 62.0. The zero-order valence-electron chi connectivity index (χ0n) is 43.0. The van der Waals surface area contributed by atoms with Crippen LogP contribution in [0.4, 0.5) is 77.2 Å². The van der Waals surface area contributed by atoms with Crippen LogP contribution in [0.3, 0.4) is 0 Å². The topological polar surface area (TPSA) is 241 Å². The fraction of sp³-hybridized carbons (Fsp3) is 0.460. The van der Waals surface area contributed by atoms with E-state index in [2.05, 4.69) is 30.2 Å². The molecule has 0 saturated heterocycles. The van der Waals surface area contributed by atoms with Gasteiger partial charge in [0.1, 0.15) is 17.1 Å². The quantitative estimate of drug-likeness (QED) is 0.0859. The van der Waals surface area contributed by atoms with Gasteiger partial charge in [-0.2, -0.15) is 65.9 Å². The molecule has 82 heavy (non-hydrogen) atoms. The summed E-state index contributed by atoms with van der Waals surface area (Å²) < 4.78 is 227. The molecule has 6 aromatic rings. The van der Waals surface area contributed by atoms with Gasteiger partial charge in [0.15, 0.2) is 17.9 Å². The Morgan fingerprint density at radius 3 is 1.61 bits per heavy atom. The van der Waals surface area contributed by atoms with Gasteiger partial charge in [-0.3, -0.25) is 14.6 Å². The Labute approximate surface area is 454 Å². The Kier molecular flexibility index (Phi) is 17.6. The second-order valence-electron chi connectivity index (χ2n) is 18.9. The molecule has 0 radical (unpaired) electrons. The lowest BCUT2D eigenvalue weighted by atomic mass is 9.94. The minimum atomic E-state index is -5.54. The molecule has 1 aromatic carbocycles. The summed E-state index contributed by atoms with van der Waals surface area (Å²) >= 11 is 0. The highest BCUT2D eigenvalue weighted by Crippen LogP contribution is 2.46. The highest BCUT2D eigenvalue weighted by Gasteiger charge is 2.64. The van der Waals surface area contributed by atoms with E-state index in [1.165, 1.54) is 24.3 Å². The van der Waals surface area contributed by atoms with Crippen molar-refractivity contribution >= 4 is 23.2 Å². The van der Waals surface area contributed by atoms with Crippen LogP contribution in [0.2, 0.25) is 0 Å². The number of nitrogen functional groups attached to an aromatic ring is 2. The zero-order valence-corrected chi connectivity index (χ0v) is 43.0. The van der Waals surface area contributed by atoms with Crippen LogP contribution >= 0.6 is 0 Å². The maximum absolute atomic E-state index is 15.2. The second-order valence-corrected chi connectivity index (χ2v) is 18.9. The molecule has 2 amide bonds. The largest absolute Gasteiger partial charge is 0.433 e. The van der Waals surface area contributed by atoms with Crippen LogP contribution in [0, 0.1) is 0 Å². The Morgan fingerprint density at radius 1 is 0.598 bits per heavy atom. The lowest BCUT2D eigenvalue weighted by Crippen LogP contribution is -2.53. The van der Waals surface area contributed by atoms with Crippen LogP contribution < -0.4 is 16.1 Å². The normalized spacial score (nSPS) is 19.1. The van der Waals surface area contributed by atoms with Crippen LogP contribution in [0.1, 0.15) is 131 Å². The summed E-state index contributed by atoms with van der Waals surface area (Å²) in [6.07, 6.45) is -29.8. The van der Waals surface area contributed by atoms with E-state index in [0.717, 1.165) is 22.1 Å². The number of aromatic nitrogens is 7. The van der Waals surface area contributed by atoms with Gasteiger partial charge in [-0.1, -0.05) is 57.0 Å². The average molecular weight is 1180 g/mol. The van der Waals surface area contributed by atoms with Gasteiger partial charge in [-0.05, 0) is 78.1 Å². The van der Waals surface area contributed by atoms with Crippen LogP contribution in [0.25, 0.3) is 23.2 Å². The number of alkyl halides is 15. The fourth-order valence-corrected chi connectivity index (χ4v) is 9.02. The molecule has 5 aromatic heterocycles. The molecule has 2 unspecified atom stereocenters. The number of aryl methyl sites for hydroxylation is 2. The SMILES string of the molecule is CC.Nc1cc(C(F)(F)F)c2nc1-c1nnc(o1)C(O)(C(F)(F)F)CCCCCN(Cc1cccc(CC[n+]3nc4oc3C(O)(C(F)(F)F)CCCCCN(Cc3ccc(C(F)(F)F)nc3)C(=O)c3nc-4c(N)cc3C(F)(F)F)c1)C2=O. The van der Waals surface area contributed by atoms with Crippen LogP contribution in [0.15, 0.2) is 63.6 Å². The monoisotopic (exact) mass is 1180 g/mol. The van der Waals surface area contributed by atoms with Crippen molar-refractivity contribution in [3.05, 3.63) is 111 Å². The summed E-state index contributed by atoms with van der Waals surface area (Å²) in [4.78, 5) is 40.9. The van der Waals surface area contributed by atoms with E-state index in [1.54, 1.807) is 0 Å². The van der Waals surface area contributed by atoms with Crippen molar-refractivity contribution in [3.8, 4) is 23.2 Å². The number of nitrogens with zero attached hydrogens (tertiary/aromatic N) is 9. The minimum Gasteiger partial charge on any atom is -0.416 e. The van der Waals surface area contributed by atoms with Gasteiger partial charge in [-0.15, -0.1) is 10.2 Å². The number of amides is 2. The third kappa shape index (κ3) is 13.0. The Hall–Kier alpha value is -7.64. The van der Waals surface area contributed by atoms with E-state index in [4.69, 9.17) is 20.3 Å². The molecule has 444 valence electrons. The lowest BCUT2D eigenvalue weighted by molar-refractivity contribution is -0.768. The zero-order chi connectivity index (χ0) is 60.5. The van der Waals surface area contributed by atoms with Crippen molar-refractivity contribution < 1.29 is 99.2 Å². The van der Waals surface area contributed by atoms with E-state index in [9.17, 15) is 72.5 Å². The van der Waals surface area contributed by atoms with Crippen molar-refractivity contribution in [1.82, 2.24) is 40.0 Å². The number of carbonyl (C=O) groups excluding carboxylic acids is 2. The van der Waals surface area contributed by atoms with Gasteiger partial charge < -0.3 is 40.3 Å². The Bertz CT molecular complexity index is 3270. The fourth-order valence-electron chi connectivity index (χ4n) is 9.02. The molecular weight excluding hydrogens is 1140 g/mol. The smallest absolute Gasteiger partial charge is 0.416 e. The van der Waals surface area contributed by atoms with Crippen molar-refractivity contribution in [3.63, 3.8) is 0 Å². The number of carbonyl (C=O) groups is 2. The van der Waals surface area contributed by atoms with Crippen LogP contribution in [-0.2, 0) is 55.8 Å². The number of anilines is 2. The Morgan fingerprint density at radius 2 is 1.11 bits per heavy atom. The molecule has 32 heteroatoms. The number of rotatable bonds is 7. The van der Waals surface area contributed by atoms with Crippen LogP contribution in [0.5, 0.6) is 0 Å². The molecule has 2 aliphatic heterocycles. The number of nitrogens with two attached hydrogens (primary N) is 2. The third-order valence-electron chi connectivity index (χ3n) is 13.2. The lowest BCUT2D eigenvalue weighted by Gasteiger charge is -2.28. The maximum Gasteiger partial charge on any atom is 0.433 e. The summed E-state index contributed by atoms with van der Waals surface area (Å²) in [6.45, 7) is 1.31. The van der Waals surface area contributed by atoms with E-state index in [0.29, 0.717) is 16.8 Å². The number of halogens is 15. The predicted molar refractivity (Wildman–Crippen MR) is 253 cm³/mol. The summed E-state index contributed by atoms with van der Waals surface area (Å²) in [6, 6.07) is 7.63. The van der Waals surface area contributed by atoms with Crippen molar-refractivity contribution in [2.45, 2.75) is 133 Å². The average Bonchev–Trinajstić information content (AvgIpc) is 2.33. The van der Waals surface area contributed by atoms with Crippen molar-refractivity contribution in [2.75, 3.05) is 24.6 Å². The summed E-state index contributed by atoms with van der Waals surface area (Å²) in [7, 11) is 0. The molecule has 2 atom stereocenters. The number of benzene rings is 1. The molecule has 0 aliphatic carbocycles. The number of pyridine rings is 3. The minimum absolute atomic E-state index is 0.0801. The molecule has 2 aliphatic rings. The van der Waals surface area contributed by atoms with Gasteiger partial charge in [0, 0.05) is 43.9 Å². The van der Waals surface area contributed by atoms with Crippen molar-refractivity contribution in [1.29, 1.82) is 0 Å². The summed E-state index contributed by atoms with van der Waals surface area (Å²) in [5.41, 5.74) is -6.21. The van der Waals surface area contributed by atoms with E-state index in [1.807, 2.05) is 13.8 Å². The Balaban J connectivity index is 0.00000479. The number of fused-ring (bicyclic) bond motifs is 10. The van der Waals surface area contributed by atoms with Crippen LogP contribution in [-0.4, -0.2) is 87.5 Å². The number of aliphatic hydroxyl groups is 2. The first-order valence-electron chi connectivity index (χ1n) is 25.0. The van der Waals surface area contributed by atoms with Gasteiger partial charge >= 0.3 is 42.7 Å². The highest BCUT2D eigenvalue weighted by molar-refractivity contribution is 5.96. The molecule has 8 rings (SSSR count). The molecule has 0 fully saturated rings. The third-order valence-corrected chi connectivity index (χ3v) is 13.2.